The molecule has 21 heavy (non-hydrogen) atoms. The third-order valence-electron chi connectivity index (χ3n) is 2.57. The van der Waals surface area contributed by atoms with E-state index >= 15 is 0 Å². The van der Waals surface area contributed by atoms with Crippen LogP contribution in [0.4, 0.5) is 0 Å². The highest BCUT2D eigenvalue weighted by molar-refractivity contribution is 7.85. The normalized spacial score (nSPS) is 13.7. The van der Waals surface area contributed by atoms with Crippen molar-refractivity contribution in [3.8, 4) is 0 Å². The lowest BCUT2D eigenvalue weighted by atomic mass is 10.2. The van der Waals surface area contributed by atoms with Crippen molar-refractivity contribution >= 4 is 17.2 Å². The van der Waals surface area contributed by atoms with Crippen LogP contribution in [0.15, 0.2) is 34.7 Å². The Kier molecular flexibility index (Phi) is 8.42. The van der Waals surface area contributed by atoms with E-state index in [2.05, 4.69) is 4.40 Å². The quantitative estimate of drug-likeness (QED) is 0.520. The van der Waals surface area contributed by atoms with Crippen molar-refractivity contribution in [2.24, 2.45) is 4.40 Å². The van der Waals surface area contributed by atoms with Gasteiger partial charge in [0.15, 0.2) is 0 Å². The summed E-state index contributed by atoms with van der Waals surface area (Å²) in [5, 5.41) is 0. The summed E-state index contributed by atoms with van der Waals surface area (Å²) in [5.74, 6) is 0. The molecule has 0 spiro atoms. The highest BCUT2D eigenvalue weighted by Gasteiger charge is 2.17. The minimum absolute atomic E-state index is 0.303. The zero-order valence-corrected chi connectivity index (χ0v) is 13.9. The first kappa shape index (κ1) is 18.0. The van der Waals surface area contributed by atoms with Crippen LogP contribution < -0.4 is 0 Å². The maximum absolute atomic E-state index is 11.6. The van der Waals surface area contributed by atoms with Gasteiger partial charge in [-0.3, -0.25) is 0 Å². The summed E-state index contributed by atoms with van der Waals surface area (Å²) < 4.78 is 26.3. The van der Waals surface area contributed by atoms with E-state index in [4.69, 9.17) is 9.47 Å². The molecule has 118 valence electrons. The first-order chi connectivity index (χ1) is 10.00. The van der Waals surface area contributed by atoms with E-state index in [9.17, 15) is 4.21 Å². The number of hydrogen-bond donors (Lipinski definition) is 0. The lowest BCUT2D eigenvalue weighted by molar-refractivity contribution is 0.0432. The van der Waals surface area contributed by atoms with Crippen LogP contribution in [0.1, 0.15) is 32.8 Å². The number of nitrogens with zero attached hydrogens (tertiary/aromatic N) is 1. The van der Waals surface area contributed by atoms with Gasteiger partial charge in [0.1, 0.15) is 11.0 Å². The van der Waals surface area contributed by atoms with Gasteiger partial charge in [-0.05, 0) is 26.3 Å². The molecule has 1 aromatic carbocycles. The van der Waals surface area contributed by atoms with Crippen molar-refractivity contribution in [1.29, 1.82) is 0 Å². The Morgan fingerprint density at radius 2 is 1.76 bits per heavy atom. The summed E-state index contributed by atoms with van der Waals surface area (Å²) in [5.41, 5.74) is 1.16. The highest BCUT2D eigenvalue weighted by Crippen LogP contribution is 2.11. The average Bonchev–Trinajstić information content (AvgIpc) is 2.45. The molecule has 1 unspecified atom stereocenters. The molecule has 0 heterocycles. The fourth-order valence-corrected chi connectivity index (χ4v) is 1.96. The number of benzene rings is 1. The molecule has 4 nitrogen and oxygen atoms in total. The van der Waals surface area contributed by atoms with Crippen molar-refractivity contribution in [1.82, 2.24) is 0 Å². The van der Waals surface area contributed by atoms with Crippen LogP contribution in [-0.4, -0.2) is 35.0 Å². The van der Waals surface area contributed by atoms with Gasteiger partial charge < -0.3 is 9.47 Å². The van der Waals surface area contributed by atoms with Crippen molar-refractivity contribution in [3.05, 3.63) is 35.9 Å². The molecule has 0 saturated heterocycles. The third-order valence-corrected chi connectivity index (χ3v) is 3.96. The highest BCUT2D eigenvalue weighted by atomic mass is 32.2. The molecule has 0 aliphatic rings. The summed E-state index contributed by atoms with van der Waals surface area (Å²) in [6.45, 7) is 8.02. The van der Waals surface area contributed by atoms with Crippen molar-refractivity contribution < 1.29 is 13.7 Å². The second-order valence-corrected chi connectivity index (χ2v) is 7.52. The maximum atomic E-state index is 11.6. The molecule has 0 aliphatic carbocycles. The maximum Gasteiger partial charge on any atom is 0.144 e. The summed E-state index contributed by atoms with van der Waals surface area (Å²) in [6.07, 6.45) is 2.34. The fraction of sp³-hybridized carbons (Fsp3) is 0.562. The number of hydrogen-bond acceptors (Lipinski definition) is 3. The molecule has 0 bridgehead atoms. The smallest absolute Gasteiger partial charge is 0.144 e. The summed E-state index contributed by atoms with van der Waals surface area (Å²) in [7, 11) is -1.18. The largest absolute Gasteiger partial charge is 0.379 e. The van der Waals surface area contributed by atoms with Gasteiger partial charge in [-0.1, -0.05) is 30.3 Å². The van der Waals surface area contributed by atoms with E-state index in [1.165, 1.54) is 0 Å². The van der Waals surface area contributed by atoms with Crippen LogP contribution >= 0.6 is 0 Å². The molecule has 0 amide bonds. The predicted octanol–water partition coefficient (Wildman–Crippen LogP) is 3.14. The number of ether oxygens (including phenoxy) is 2. The summed E-state index contributed by atoms with van der Waals surface area (Å²) in [4.78, 5) is 0. The van der Waals surface area contributed by atoms with Crippen LogP contribution in [0.25, 0.3) is 0 Å². The standard InChI is InChI=1S/C16H25NO3S/c1-16(2,3)21(18)17-10-7-11-19-12-13-20-14-15-8-5-4-6-9-15/h4-6,8-10H,7,11-14H2,1-3H3. The molecule has 0 fully saturated rings. The van der Waals surface area contributed by atoms with Crippen LogP contribution in [0, 0.1) is 0 Å². The molecule has 5 heteroatoms. The lowest BCUT2D eigenvalue weighted by Crippen LogP contribution is -2.19. The monoisotopic (exact) mass is 311 g/mol. The summed E-state index contributed by atoms with van der Waals surface area (Å²) >= 11 is 0. The molecule has 0 aromatic heterocycles. The molecule has 1 rings (SSSR count). The predicted molar refractivity (Wildman–Crippen MR) is 87.9 cm³/mol. The summed E-state index contributed by atoms with van der Waals surface area (Å²) in [6, 6.07) is 10.0. The van der Waals surface area contributed by atoms with Crippen molar-refractivity contribution in [2.45, 2.75) is 38.5 Å². The first-order valence-electron chi connectivity index (χ1n) is 7.14. The molecule has 1 aromatic rings. The van der Waals surface area contributed by atoms with Gasteiger partial charge in [0.2, 0.25) is 0 Å². The van der Waals surface area contributed by atoms with E-state index in [-0.39, 0.29) is 4.75 Å². The fourth-order valence-electron chi connectivity index (χ4n) is 1.40. The van der Waals surface area contributed by atoms with Gasteiger partial charge in [-0.15, -0.1) is 0 Å². The van der Waals surface area contributed by atoms with E-state index in [1.54, 1.807) is 6.21 Å². The minimum atomic E-state index is -1.18. The number of rotatable bonds is 9. The molecule has 1 atom stereocenters. The van der Waals surface area contributed by atoms with Gasteiger partial charge in [0.25, 0.3) is 0 Å². The topological polar surface area (TPSA) is 47.9 Å². The Morgan fingerprint density at radius 1 is 1.10 bits per heavy atom. The second kappa shape index (κ2) is 9.82. The Bertz CT molecular complexity index is 441. The Labute approximate surface area is 130 Å². The van der Waals surface area contributed by atoms with Crippen LogP contribution in [0.5, 0.6) is 0 Å². The van der Waals surface area contributed by atoms with E-state index in [1.807, 2.05) is 51.1 Å². The average molecular weight is 311 g/mol. The van der Waals surface area contributed by atoms with Crippen LogP contribution in [0.3, 0.4) is 0 Å². The lowest BCUT2D eigenvalue weighted by Gasteiger charge is -2.12. The molecule has 0 radical (unpaired) electrons. The first-order valence-corrected chi connectivity index (χ1v) is 8.25. The van der Waals surface area contributed by atoms with E-state index < -0.39 is 11.0 Å². The Balaban J connectivity index is 1.98. The van der Waals surface area contributed by atoms with Gasteiger partial charge in [-0.2, -0.15) is 4.40 Å². The van der Waals surface area contributed by atoms with Crippen LogP contribution in [0.2, 0.25) is 0 Å². The zero-order valence-electron chi connectivity index (χ0n) is 13.1. The van der Waals surface area contributed by atoms with Crippen molar-refractivity contribution in [3.63, 3.8) is 0 Å². The Hall–Kier alpha value is -1.04. The van der Waals surface area contributed by atoms with E-state index in [0.29, 0.717) is 32.8 Å². The van der Waals surface area contributed by atoms with Crippen molar-refractivity contribution in [2.75, 3.05) is 19.8 Å². The van der Waals surface area contributed by atoms with Gasteiger partial charge in [-0.25, -0.2) is 4.21 Å². The molecule has 0 N–H and O–H groups in total. The van der Waals surface area contributed by atoms with E-state index in [0.717, 1.165) is 5.56 Å². The van der Waals surface area contributed by atoms with Gasteiger partial charge in [0, 0.05) is 12.6 Å². The second-order valence-electron chi connectivity index (χ2n) is 5.59. The molecule has 0 saturated carbocycles. The Morgan fingerprint density at radius 3 is 2.43 bits per heavy atom. The minimum Gasteiger partial charge on any atom is -0.379 e. The van der Waals surface area contributed by atoms with Gasteiger partial charge >= 0.3 is 0 Å². The zero-order chi connectivity index (χ0) is 15.6. The third kappa shape index (κ3) is 8.75. The molecule has 0 aliphatic heterocycles. The molecular formula is C16H25NO3S. The van der Waals surface area contributed by atoms with Crippen LogP contribution in [-0.2, 0) is 27.1 Å². The molecular weight excluding hydrogens is 286 g/mol. The SMILES string of the molecule is CC(C)(C)S(=O)N=CCCOCCOCc1ccccc1. The van der Waals surface area contributed by atoms with Gasteiger partial charge in [0.05, 0.1) is 31.2 Å².